The standard InChI is InChI=1S/C20H20N4O6/c1-12-3-4-13(9-15(12)24(25)26)23-20-17-14(21-11-22-20)10-16(28-6-5-27-2)18-19(17)30-8-7-29-18/h3-4,9-11H,5-8H2,1-2H3,(H,21,22,23). The maximum Gasteiger partial charge on any atom is 0.274 e. The summed E-state index contributed by atoms with van der Waals surface area (Å²) >= 11 is 0. The molecule has 0 amide bonds. The Morgan fingerprint density at radius 3 is 2.73 bits per heavy atom. The zero-order chi connectivity index (χ0) is 21.1. The van der Waals surface area contributed by atoms with Crippen LogP contribution in [0.3, 0.4) is 0 Å². The fourth-order valence-corrected chi connectivity index (χ4v) is 3.17. The first-order chi connectivity index (χ1) is 14.6. The van der Waals surface area contributed by atoms with Gasteiger partial charge in [-0.05, 0) is 13.0 Å². The van der Waals surface area contributed by atoms with E-state index in [1.54, 1.807) is 32.2 Å². The smallest absolute Gasteiger partial charge is 0.274 e. The van der Waals surface area contributed by atoms with Crippen LogP contribution >= 0.6 is 0 Å². The van der Waals surface area contributed by atoms with E-state index in [0.717, 1.165) is 0 Å². The van der Waals surface area contributed by atoms with Crippen molar-refractivity contribution in [3.05, 3.63) is 46.3 Å². The maximum atomic E-state index is 11.3. The number of methoxy groups -OCH3 is 1. The van der Waals surface area contributed by atoms with Crippen LogP contribution in [0.2, 0.25) is 0 Å². The highest BCUT2D eigenvalue weighted by Crippen LogP contribution is 2.47. The quantitative estimate of drug-likeness (QED) is 0.354. The molecular weight excluding hydrogens is 392 g/mol. The summed E-state index contributed by atoms with van der Waals surface area (Å²) in [5.74, 6) is 1.89. The van der Waals surface area contributed by atoms with Gasteiger partial charge in [0.2, 0.25) is 5.75 Å². The molecule has 0 bridgehead atoms. The highest BCUT2D eigenvalue weighted by molar-refractivity contribution is 5.99. The number of nitro benzene ring substituents is 1. The summed E-state index contributed by atoms with van der Waals surface area (Å²) < 4.78 is 22.5. The van der Waals surface area contributed by atoms with Crippen LogP contribution in [-0.2, 0) is 4.74 Å². The van der Waals surface area contributed by atoms with Crippen molar-refractivity contribution in [2.75, 3.05) is 38.9 Å². The molecule has 30 heavy (non-hydrogen) atoms. The normalized spacial score (nSPS) is 12.6. The van der Waals surface area contributed by atoms with Gasteiger partial charge in [0.1, 0.15) is 32.0 Å². The Labute approximate surface area is 171 Å². The molecule has 156 valence electrons. The molecular formula is C20H20N4O6. The summed E-state index contributed by atoms with van der Waals surface area (Å²) in [5, 5.41) is 15.0. The lowest BCUT2D eigenvalue weighted by Gasteiger charge is -2.23. The SMILES string of the molecule is COCCOc1cc2ncnc(Nc3ccc(C)c([N+](=O)[O-])c3)c2c2c1OCCO2. The molecule has 0 spiro atoms. The average Bonchev–Trinajstić information content (AvgIpc) is 2.75. The summed E-state index contributed by atoms with van der Waals surface area (Å²) in [7, 11) is 1.60. The summed E-state index contributed by atoms with van der Waals surface area (Å²) in [6.07, 6.45) is 1.41. The molecule has 10 heteroatoms. The number of aromatic nitrogens is 2. The Balaban J connectivity index is 1.78. The van der Waals surface area contributed by atoms with E-state index >= 15 is 0 Å². The van der Waals surface area contributed by atoms with Crippen LogP contribution in [0.5, 0.6) is 17.2 Å². The van der Waals surface area contributed by atoms with Crippen LogP contribution in [0.25, 0.3) is 10.9 Å². The summed E-state index contributed by atoms with van der Waals surface area (Å²) in [5.41, 5.74) is 1.71. The van der Waals surface area contributed by atoms with Gasteiger partial charge >= 0.3 is 0 Å². The van der Waals surface area contributed by atoms with Gasteiger partial charge in [0.25, 0.3) is 5.69 Å². The lowest BCUT2D eigenvalue weighted by atomic mass is 10.1. The number of nitrogens with zero attached hydrogens (tertiary/aromatic N) is 3. The van der Waals surface area contributed by atoms with Crippen LogP contribution in [0.1, 0.15) is 5.56 Å². The molecule has 10 nitrogen and oxygen atoms in total. The van der Waals surface area contributed by atoms with Crippen LogP contribution in [0.15, 0.2) is 30.6 Å². The van der Waals surface area contributed by atoms with Crippen molar-refractivity contribution in [1.29, 1.82) is 0 Å². The Morgan fingerprint density at radius 1 is 1.17 bits per heavy atom. The van der Waals surface area contributed by atoms with Crippen LogP contribution in [-0.4, -0.2) is 48.4 Å². The molecule has 2 heterocycles. The Hall–Kier alpha value is -3.66. The number of fused-ring (bicyclic) bond motifs is 3. The van der Waals surface area contributed by atoms with Crippen molar-refractivity contribution in [3.8, 4) is 17.2 Å². The van der Waals surface area contributed by atoms with Gasteiger partial charge in [-0.15, -0.1) is 0 Å². The predicted octanol–water partition coefficient (Wildman–Crippen LogP) is 3.39. The van der Waals surface area contributed by atoms with Crippen molar-refractivity contribution in [2.24, 2.45) is 0 Å². The highest BCUT2D eigenvalue weighted by atomic mass is 16.6. The van der Waals surface area contributed by atoms with Gasteiger partial charge in [0.05, 0.1) is 22.4 Å². The zero-order valence-corrected chi connectivity index (χ0v) is 16.5. The second kappa shape index (κ2) is 8.37. The molecule has 0 aliphatic carbocycles. The predicted molar refractivity (Wildman–Crippen MR) is 109 cm³/mol. The number of ether oxygens (including phenoxy) is 4. The molecule has 3 aromatic rings. The third kappa shape index (κ3) is 3.77. The Morgan fingerprint density at radius 2 is 1.97 bits per heavy atom. The fourth-order valence-electron chi connectivity index (χ4n) is 3.17. The van der Waals surface area contributed by atoms with E-state index < -0.39 is 4.92 Å². The largest absolute Gasteiger partial charge is 0.487 e. The van der Waals surface area contributed by atoms with Gasteiger partial charge in [0, 0.05) is 30.5 Å². The number of anilines is 2. The van der Waals surface area contributed by atoms with Gasteiger partial charge in [-0.2, -0.15) is 0 Å². The first-order valence-electron chi connectivity index (χ1n) is 9.29. The number of hydrogen-bond acceptors (Lipinski definition) is 9. The minimum Gasteiger partial charge on any atom is -0.487 e. The van der Waals surface area contributed by atoms with Crippen molar-refractivity contribution in [2.45, 2.75) is 6.92 Å². The molecule has 1 aliphatic rings. The summed E-state index contributed by atoms with van der Waals surface area (Å²) in [6.45, 7) is 3.22. The van der Waals surface area contributed by atoms with Gasteiger partial charge < -0.3 is 24.3 Å². The van der Waals surface area contributed by atoms with E-state index in [9.17, 15) is 10.1 Å². The van der Waals surface area contributed by atoms with Crippen molar-refractivity contribution < 1.29 is 23.9 Å². The van der Waals surface area contributed by atoms with Crippen molar-refractivity contribution in [1.82, 2.24) is 9.97 Å². The molecule has 0 radical (unpaired) electrons. The number of nitro groups is 1. The van der Waals surface area contributed by atoms with Gasteiger partial charge in [0.15, 0.2) is 11.5 Å². The topological polar surface area (TPSA) is 118 Å². The molecule has 0 fully saturated rings. The van der Waals surface area contributed by atoms with Crippen LogP contribution < -0.4 is 19.5 Å². The fraction of sp³-hybridized carbons (Fsp3) is 0.300. The minimum absolute atomic E-state index is 0.0220. The Bertz CT molecular complexity index is 1100. The molecule has 1 aromatic heterocycles. The Kier molecular flexibility index (Phi) is 5.48. The van der Waals surface area contributed by atoms with E-state index in [4.69, 9.17) is 18.9 Å². The van der Waals surface area contributed by atoms with Crippen LogP contribution in [0.4, 0.5) is 17.2 Å². The third-order valence-corrected chi connectivity index (χ3v) is 4.59. The minimum atomic E-state index is -0.416. The molecule has 4 rings (SSSR count). The maximum absolute atomic E-state index is 11.3. The van der Waals surface area contributed by atoms with E-state index in [0.29, 0.717) is 71.6 Å². The second-order valence-corrected chi connectivity index (χ2v) is 6.57. The molecule has 0 saturated carbocycles. The third-order valence-electron chi connectivity index (χ3n) is 4.59. The van der Waals surface area contributed by atoms with Gasteiger partial charge in [-0.25, -0.2) is 9.97 Å². The number of aryl methyl sites for hydroxylation is 1. The van der Waals surface area contributed by atoms with Crippen molar-refractivity contribution in [3.63, 3.8) is 0 Å². The summed E-state index contributed by atoms with van der Waals surface area (Å²) in [4.78, 5) is 19.5. The molecule has 0 atom stereocenters. The van der Waals surface area contributed by atoms with Gasteiger partial charge in [-0.3, -0.25) is 10.1 Å². The lowest BCUT2D eigenvalue weighted by Crippen LogP contribution is -2.17. The zero-order valence-electron chi connectivity index (χ0n) is 16.5. The molecule has 0 unspecified atom stereocenters. The van der Waals surface area contributed by atoms with E-state index in [2.05, 4.69) is 15.3 Å². The van der Waals surface area contributed by atoms with E-state index in [1.165, 1.54) is 12.4 Å². The summed E-state index contributed by atoms with van der Waals surface area (Å²) in [6, 6.07) is 6.65. The van der Waals surface area contributed by atoms with Gasteiger partial charge in [-0.1, -0.05) is 6.07 Å². The average molecular weight is 412 g/mol. The van der Waals surface area contributed by atoms with E-state index in [-0.39, 0.29) is 5.69 Å². The first kappa shape index (κ1) is 19.6. The number of hydrogen-bond donors (Lipinski definition) is 1. The van der Waals surface area contributed by atoms with Crippen molar-refractivity contribution >= 4 is 28.1 Å². The van der Waals surface area contributed by atoms with E-state index in [1.807, 2.05) is 0 Å². The molecule has 1 N–H and O–H groups in total. The number of nitrogens with one attached hydrogen (secondary N) is 1. The highest BCUT2D eigenvalue weighted by Gasteiger charge is 2.24. The first-order valence-corrected chi connectivity index (χ1v) is 9.29. The van der Waals surface area contributed by atoms with Crippen LogP contribution in [0, 0.1) is 17.0 Å². The molecule has 2 aromatic carbocycles. The monoisotopic (exact) mass is 412 g/mol. The lowest BCUT2D eigenvalue weighted by molar-refractivity contribution is -0.385. The number of benzene rings is 2. The number of rotatable bonds is 7. The second-order valence-electron chi connectivity index (χ2n) is 6.57. The molecule has 1 aliphatic heterocycles. The molecule has 0 saturated heterocycles.